The molecule has 0 spiro atoms. The van der Waals surface area contributed by atoms with E-state index in [0.717, 1.165) is 48.3 Å². The van der Waals surface area contributed by atoms with E-state index in [9.17, 15) is 9.59 Å². The molecule has 2 N–H and O–H groups in total. The summed E-state index contributed by atoms with van der Waals surface area (Å²) in [5, 5.41) is 5.99. The Labute approximate surface area is 244 Å². The van der Waals surface area contributed by atoms with Crippen LogP contribution >= 0.6 is 0 Å². The number of rotatable bonds is 18. The van der Waals surface area contributed by atoms with Gasteiger partial charge in [-0.25, -0.2) is 0 Å². The van der Waals surface area contributed by atoms with Crippen LogP contribution in [0.4, 0.5) is 0 Å². The van der Waals surface area contributed by atoms with Gasteiger partial charge in [0, 0.05) is 31.5 Å². The highest BCUT2D eigenvalue weighted by molar-refractivity contribution is 5.77. The van der Waals surface area contributed by atoms with Crippen molar-refractivity contribution < 1.29 is 23.8 Å². The summed E-state index contributed by atoms with van der Waals surface area (Å²) in [6.45, 7) is 1.17. The number of amides is 2. The van der Waals surface area contributed by atoms with Crippen molar-refractivity contribution in [3.8, 4) is 17.2 Å². The summed E-state index contributed by atoms with van der Waals surface area (Å²) >= 11 is 0. The van der Waals surface area contributed by atoms with E-state index in [1.807, 2.05) is 36.4 Å². The second-order valence-corrected chi connectivity index (χ2v) is 10.0. The zero-order chi connectivity index (χ0) is 29.3. The molecule has 0 aliphatic heterocycles. The number of carbonyl (C=O) groups excluding carboxylic acids is 2. The van der Waals surface area contributed by atoms with Gasteiger partial charge >= 0.3 is 0 Å². The second kappa shape index (κ2) is 17.6. The molecule has 0 aromatic heterocycles. The lowest BCUT2D eigenvalue weighted by Crippen LogP contribution is -2.26. The molecule has 3 aromatic carbocycles. The largest absolute Gasteiger partial charge is 0.497 e. The van der Waals surface area contributed by atoms with Crippen molar-refractivity contribution in [2.45, 2.75) is 57.8 Å². The number of nitrogens with one attached hydrogen (secondary N) is 2. The lowest BCUT2D eigenvalue weighted by molar-refractivity contribution is -0.123. The van der Waals surface area contributed by atoms with Crippen LogP contribution in [0.5, 0.6) is 17.2 Å². The number of methoxy groups -OCH3 is 3. The fourth-order valence-electron chi connectivity index (χ4n) is 4.91. The molecule has 0 unspecified atom stereocenters. The van der Waals surface area contributed by atoms with Crippen molar-refractivity contribution in [3.63, 3.8) is 0 Å². The van der Waals surface area contributed by atoms with Crippen molar-refractivity contribution in [2.24, 2.45) is 0 Å². The fraction of sp³-hybridized carbons (Fsp3) is 0.412. The Hall–Kier alpha value is -4.00. The van der Waals surface area contributed by atoms with E-state index < -0.39 is 0 Å². The predicted octanol–water partition coefficient (Wildman–Crippen LogP) is 5.47. The molecule has 0 saturated heterocycles. The van der Waals surface area contributed by atoms with Crippen LogP contribution in [0.3, 0.4) is 0 Å². The first kappa shape index (κ1) is 31.5. The molecule has 220 valence electrons. The number of hydrogen-bond acceptors (Lipinski definition) is 5. The number of carbonyl (C=O) groups is 2. The van der Waals surface area contributed by atoms with E-state index in [1.165, 1.54) is 11.1 Å². The molecule has 0 heterocycles. The number of unbranched alkanes of at least 4 members (excludes halogenated alkanes) is 1. The van der Waals surface area contributed by atoms with Gasteiger partial charge in [-0.2, -0.15) is 0 Å². The van der Waals surface area contributed by atoms with E-state index in [2.05, 4.69) is 41.0 Å². The molecule has 0 fully saturated rings. The Balaban J connectivity index is 1.40. The highest BCUT2D eigenvalue weighted by Gasteiger charge is 2.15. The molecule has 0 aliphatic carbocycles. The number of hydrogen-bond donors (Lipinski definition) is 2. The summed E-state index contributed by atoms with van der Waals surface area (Å²) in [5.74, 6) is 2.37. The van der Waals surface area contributed by atoms with E-state index in [1.54, 1.807) is 21.3 Å². The molecule has 2 amide bonds. The maximum Gasteiger partial charge on any atom is 0.220 e. The van der Waals surface area contributed by atoms with E-state index >= 15 is 0 Å². The van der Waals surface area contributed by atoms with Gasteiger partial charge in [-0.3, -0.25) is 9.59 Å². The zero-order valence-corrected chi connectivity index (χ0v) is 24.7. The average molecular weight is 561 g/mol. The molecular formula is C34H44N2O5. The molecule has 7 heteroatoms. The third kappa shape index (κ3) is 10.8. The molecule has 3 aromatic rings. The molecule has 0 saturated carbocycles. The van der Waals surface area contributed by atoms with Gasteiger partial charge in [-0.1, -0.05) is 48.5 Å². The highest BCUT2D eigenvalue weighted by Crippen LogP contribution is 2.35. The molecule has 0 aliphatic rings. The first-order chi connectivity index (χ1) is 20.0. The van der Waals surface area contributed by atoms with Crippen molar-refractivity contribution >= 4 is 11.8 Å². The van der Waals surface area contributed by atoms with Crippen molar-refractivity contribution in [2.75, 3.05) is 34.4 Å². The molecular weight excluding hydrogens is 516 g/mol. The molecule has 41 heavy (non-hydrogen) atoms. The second-order valence-electron chi connectivity index (χ2n) is 10.0. The van der Waals surface area contributed by atoms with Gasteiger partial charge in [-0.15, -0.1) is 0 Å². The molecule has 7 nitrogen and oxygen atoms in total. The SMILES string of the molecule is COc1cccc(CCCc2c(CCNC(=O)CCCCC(=O)NCCc3ccccc3)ccc(OC)c2OC)c1. The Kier molecular flexibility index (Phi) is 13.6. The van der Waals surface area contributed by atoms with Gasteiger partial charge in [0.2, 0.25) is 11.8 Å². The van der Waals surface area contributed by atoms with Crippen LogP contribution in [0, 0.1) is 0 Å². The van der Waals surface area contributed by atoms with Gasteiger partial charge < -0.3 is 24.8 Å². The van der Waals surface area contributed by atoms with Crippen LogP contribution < -0.4 is 24.8 Å². The van der Waals surface area contributed by atoms with Crippen LogP contribution in [-0.4, -0.2) is 46.2 Å². The first-order valence-electron chi connectivity index (χ1n) is 14.5. The lowest BCUT2D eigenvalue weighted by atomic mass is 9.96. The van der Waals surface area contributed by atoms with E-state index in [-0.39, 0.29) is 11.8 Å². The molecule has 3 rings (SSSR count). The molecule has 0 atom stereocenters. The Morgan fingerprint density at radius 2 is 1.32 bits per heavy atom. The van der Waals surface area contributed by atoms with Gasteiger partial charge in [0.1, 0.15) is 5.75 Å². The topological polar surface area (TPSA) is 85.9 Å². The van der Waals surface area contributed by atoms with Crippen LogP contribution in [0.25, 0.3) is 0 Å². The minimum Gasteiger partial charge on any atom is -0.497 e. The molecule has 0 radical (unpaired) electrons. The molecule has 0 bridgehead atoms. The van der Waals surface area contributed by atoms with Gasteiger partial charge in [-0.05, 0) is 79.8 Å². The summed E-state index contributed by atoms with van der Waals surface area (Å²) in [6.07, 6.45) is 6.43. The van der Waals surface area contributed by atoms with Crippen LogP contribution in [-0.2, 0) is 35.3 Å². The minimum absolute atomic E-state index is 0.00883. The minimum atomic E-state index is 0.00883. The van der Waals surface area contributed by atoms with Crippen LogP contribution in [0.15, 0.2) is 66.7 Å². The third-order valence-corrected chi connectivity index (χ3v) is 7.12. The predicted molar refractivity (Wildman–Crippen MR) is 163 cm³/mol. The van der Waals surface area contributed by atoms with E-state index in [0.29, 0.717) is 50.9 Å². The number of aryl methyl sites for hydroxylation is 1. The smallest absolute Gasteiger partial charge is 0.220 e. The normalized spacial score (nSPS) is 10.6. The van der Waals surface area contributed by atoms with Crippen molar-refractivity contribution in [3.05, 3.63) is 89.0 Å². The quantitative estimate of drug-likeness (QED) is 0.202. The zero-order valence-electron chi connectivity index (χ0n) is 24.7. The summed E-state index contributed by atoms with van der Waals surface area (Å²) in [4.78, 5) is 24.5. The van der Waals surface area contributed by atoms with Gasteiger partial charge in [0.05, 0.1) is 21.3 Å². The maximum atomic E-state index is 12.4. The summed E-state index contributed by atoms with van der Waals surface area (Å²) in [7, 11) is 4.99. The summed E-state index contributed by atoms with van der Waals surface area (Å²) in [5.41, 5.74) is 4.69. The highest BCUT2D eigenvalue weighted by atomic mass is 16.5. The number of benzene rings is 3. The van der Waals surface area contributed by atoms with Crippen molar-refractivity contribution in [1.82, 2.24) is 10.6 Å². The van der Waals surface area contributed by atoms with Gasteiger partial charge in [0.25, 0.3) is 0 Å². The maximum absolute atomic E-state index is 12.4. The summed E-state index contributed by atoms with van der Waals surface area (Å²) in [6, 6.07) is 22.2. The Morgan fingerprint density at radius 1 is 0.634 bits per heavy atom. The lowest BCUT2D eigenvalue weighted by Gasteiger charge is -2.17. The van der Waals surface area contributed by atoms with Crippen LogP contribution in [0.2, 0.25) is 0 Å². The van der Waals surface area contributed by atoms with Crippen LogP contribution in [0.1, 0.15) is 54.4 Å². The van der Waals surface area contributed by atoms with Crippen molar-refractivity contribution in [1.29, 1.82) is 0 Å². The van der Waals surface area contributed by atoms with E-state index in [4.69, 9.17) is 14.2 Å². The average Bonchev–Trinajstić information content (AvgIpc) is 3.00. The monoisotopic (exact) mass is 560 g/mol. The standard InChI is InChI=1S/C34H44N2O5/c1-39-29-15-9-13-27(25-29)14-10-16-30-28(19-20-31(40-2)34(30)41-3)22-24-36-33(38)18-8-7-17-32(37)35-23-21-26-11-5-4-6-12-26/h4-6,9,11-13,15,19-20,25H,7-8,10,14,16-18,21-24H2,1-3H3,(H,35,37)(H,36,38). The number of ether oxygens (including phenoxy) is 3. The fourth-order valence-corrected chi connectivity index (χ4v) is 4.91. The Morgan fingerprint density at radius 3 is 1.98 bits per heavy atom. The van der Waals surface area contributed by atoms with Gasteiger partial charge in [0.15, 0.2) is 11.5 Å². The summed E-state index contributed by atoms with van der Waals surface area (Å²) < 4.78 is 16.6. The first-order valence-corrected chi connectivity index (χ1v) is 14.5. The third-order valence-electron chi connectivity index (χ3n) is 7.12. The Bertz CT molecular complexity index is 1230.